The summed E-state index contributed by atoms with van der Waals surface area (Å²) in [6, 6.07) is 62.9. The predicted molar refractivity (Wildman–Crippen MR) is 308 cm³/mol. The van der Waals surface area contributed by atoms with Crippen LogP contribution in [-0.4, -0.2) is 48.0 Å². The Morgan fingerprint density at radius 1 is 0.348 bits per heavy atom. The van der Waals surface area contributed by atoms with Gasteiger partial charge in [-0.05, 0) is 72.7 Å². The molecule has 0 saturated carbocycles. The van der Waals surface area contributed by atoms with Gasteiger partial charge >= 0.3 is 233 Å². The van der Waals surface area contributed by atoms with Crippen LogP contribution in [0.3, 0.4) is 0 Å². The molecule has 0 unspecified atom stereocenters. The number of hydrogen-bond acceptors (Lipinski definition) is 4. The van der Waals surface area contributed by atoms with Gasteiger partial charge in [0.25, 0.3) is 0 Å². The maximum atomic E-state index is 3.22. The summed E-state index contributed by atoms with van der Waals surface area (Å²) in [5.74, 6) is 0. The molecule has 69 heavy (non-hydrogen) atoms. The van der Waals surface area contributed by atoms with Gasteiger partial charge in [0.2, 0.25) is 0 Å². The van der Waals surface area contributed by atoms with E-state index in [1.165, 1.54) is 152 Å². The summed E-state index contributed by atoms with van der Waals surface area (Å²) in [4.78, 5) is 11.1. The molecule has 0 nitrogen and oxygen atoms in total. The topological polar surface area (TPSA) is 0 Å². The number of hydrogen-bond donors (Lipinski definition) is 0. The third-order valence-corrected chi connectivity index (χ3v) is 20.7. The Kier molecular flexibility index (Phi) is 17.7. The SMILES string of the molecule is CCCCCCc1cc(-c2ccccc2)sc1-c1ccc(-c2ccc(-c3sc(-c4ccc(C(c5ccc(C[Se])cc5)(c5ccc(C[Se])cc5)c5ccc(C[Se])cc5)cc4)cc3CCCCCC)s2)s1. The van der Waals surface area contributed by atoms with Gasteiger partial charge in [0.05, 0.1) is 0 Å². The fourth-order valence-corrected chi connectivity index (χ4v) is 15.7. The van der Waals surface area contributed by atoms with E-state index in [9.17, 15) is 0 Å². The molecule has 9 aromatic rings. The van der Waals surface area contributed by atoms with Crippen LogP contribution >= 0.6 is 45.3 Å². The molecule has 0 aliphatic rings. The number of benzene rings is 5. The Hall–Kier alpha value is -3.54. The van der Waals surface area contributed by atoms with Crippen molar-refractivity contribution in [2.45, 2.75) is 99.4 Å². The summed E-state index contributed by atoms with van der Waals surface area (Å²) in [7, 11) is 0. The van der Waals surface area contributed by atoms with Crippen LogP contribution in [0.15, 0.2) is 164 Å². The Morgan fingerprint density at radius 2 is 0.710 bits per heavy atom. The summed E-state index contributed by atoms with van der Waals surface area (Å²) in [5, 5.41) is 2.67. The molecule has 0 amide bonds. The van der Waals surface area contributed by atoms with E-state index in [1.807, 2.05) is 45.3 Å². The summed E-state index contributed by atoms with van der Waals surface area (Å²) in [5.41, 5.74) is 14.1. The van der Waals surface area contributed by atoms with Gasteiger partial charge in [-0.1, -0.05) is 82.7 Å². The molecule has 5 aromatic carbocycles. The van der Waals surface area contributed by atoms with E-state index in [0.29, 0.717) is 0 Å². The Morgan fingerprint density at radius 3 is 1.09 bits per heavy atom. The van der Waals surface area contributed by atoms with E-state index in [2.05, 4.69) is 226 Å². The quantitative estimate of drug-likeness (QED) is 0.0360. The first-order valence-electron chi connectivity index (χ1n) is 24.6. The standard InChI is InChI=1S/C62H59S4Se3/c1-3-5-7-10-16-48-38-58(46-14-12-9-13-15-46)65-60(48)56-36-34-54(63-56)55-35-37-57(64-55)61-49(17-11-8-6-4-2)39-59(66-61)47-24-32-53(33-25-47)62(50-26-18-43(40-67)19-27-50,51-28-20-44(41-68)21-29-51)52-30-22-45(42-69)23-31-52/h9,12-15,18-39H,3-8,10-11,16-17,40-42H2,1-2H3. The molecule has 4 aromatic heterocycles. The van der Waals surface area contributed by atoms with Crippen molar-refractivity contribution >= 4 is 93.4 Å². The van der Waals surface area contributed by atoms with Gasteiger partial charge in [-0.2, -0.15) is 0 Å². The Bertz CT molecular complexity index is 2890. The first kappa shape index (κ1) is 50.4. The van der Waals surface area contributed by atoms with Crippen LogP contribution in [0.4, 0.5) is 0 Å². The van der Waals surface area contributed by atoms with Gasteiger partial charge < -0.3 is 0 Å². The summed E-state index contributed by atoms with van der Waals surface area (Å²) in [6.45, 7) is 4.61. The third kappa shape index (κ3) is 11.4. The van der Waals surface area contributed by atoms with Crippen LogP contribution < -0.4 is 0 Å². The molecule has 349 valence electrons. The van der Waals surface area contributed by atoms with E-state index in [1.54, 1.807) is 0 Å². The van der Waals surface area contributed by atoms with Crippen molar-refractivity contribution in [3.05, 3.63) is 214 Å². The molecule has 0 aliphatic heterocycles. The van der Waals surface area contributed by atoms with Crippen molar-refractivity contribution in [1.82, 2.24) is 0 Å². The van der Waals surface area contributed by atoms with Gasteiger partial charge in [0, 0.05) is 34.1 Å². The minimum Gasteiger partial charge on any atom is -0.134 e. The Balaban J connectivity index is 1.07. The molecule has 3 radical (unpaired) electrons. The second-order valence-corrected chi connectivity index (χ2v) is 24.2. The molecule has 0 aliphatic carbocycles. The molecular formula is C62H59S4Se3. The Labute approximate surface area is 452 Å². The molecule has 9 rings (SSSR count). The molecule has 0 saturated heterocycles. The smallest absolute Gasteiger partial charge is 0.134 e. The molecule has 0 atom stereocenters. The van der Waals surface area contributed by atoms with Gasteiger partial charge in [-0.25, -0.2) is 0 Å². The summed E-state index contributed by atoms with van der Waals surface area (Å²) in [6.07, 6.45) is 12.4. The maximum absolute atomic E-state index is 3.22. The zero-order chi connectivity index (χ0) is 47.6. The van der Waals surface area contributed by atoms with Gasteiger partial charge in [-0.15, -0.1) is 34.0 Å². The number of unbranched alkanes of at least 4 members (excludes halogenated alkanes) is 6. The van der Waals surface area contributed by atoms with Gasteiger partial charge in [0.15, 0.2) is 0 Å². The van der Waals surface area contributed by atoms with Crippen molar-refractivity contribution < 1.29 is 0 Å². The van der Waals surface area contributed by atoms with Crippen LogP contribution in [0, 0.1) is 0 Å². The molecule has 4 heterocycles. The molecule has 0 spiro atoms. The van der Waals surface area contributed by atoms with Crippen LogP contribution in [0.1, 0.15) is 115 Å². The summed E-state index contributed by atoms with van der Waals surface area (Å²) < 4.78 is 0. The minimum absolute atomic E-state index is 0.509. The molecule has 0 bridgehead atoms. The number of aryl methyl sites for hydroxylation is 2. The van der Waals surface area contributed by atoms with Crippen molar-refractivity contribution in [2.24, 2.45) is 0 Å². The number of rotatable bonds is 22. The van der Waals surface area contributed by atoms with Crippen molar-refractivity contribution in [2.75, 3.05) is 0 Å². The molecule has 7 heteroatoms. The van der Waals surface area contributed by atoms with Crippen LogP contribution in [0.2, 0.25) is 0 Å². The molecular weight excluding hydrogens is 1110 g/mol. The van der Waals surface area contributed by atoms with Crippen LogP contribution in [0.5, 0.6) is 0 Å². The average Bonchev–Trinajstić information content (AvgIpc) is 4.25. The predicted octanol–water partition coefficient (Wildman–Crippen LogP) is 17.9. The van der Waals surface area contributed by atoms with E-state index >= 15 is 0 Å². The first-order valence-corrected chi connectivity index (χ1v) is 31.5. The monoisotopic (exact) mass is 1170 g/mol. The first-order chi connectivity index (χ1) is 33.9. The van der Waals surface area contributed by atoms with Crippen LogP contribution in [-0.2, 0) is 34.2 Å². The normalized spacial score (nSPS) is 11.7. The number of thiophene rings is 4. The van der Waals surface area contributed by atoms with E-state index in [4.69, 9.17) is 0 Å². The van der Waals surface area contributed by atoms with Gasteiger partial charge in [0.1, 0.15) is 0 Å². The molecule has 0 fully saturated rings. The zero-order valence-electron chi connectivity index (χ0n) is 39.6. The third-order valence-electron chi connectivity index (χ3n) is 13.4. The van der Waals surface area contributed by atoms with Gasteiger partial charge in [-0.3, -0.25) is 0 Å². The average molecular weight is 1170 g/mol. The second-order valence-electron chi connectivity index (χ2n) is 18.1. The fourth-order valence-electron chi connectivity index (χ4n) is 9.64. The van der Waals surface area contributed by atoms with Crippen molar-refractivity contribution in [3.8, 4) is 50.1 Å². The van der Waals surface area contributed by atoms with Crippen LogP contribution in [0.25, 0.3) is 50.1 Å². The van der Waals surface area contributed by atoms with Crippen molar-refractivity contribution in [3.63, 3.8) is 0 Å². The van der Waals surface area contributed by atoms with Crippen molar-refractivity contribution in [1.29, 1.82) is 0 Å². The van der Waals surface area contributed by atoms with E-state index in [-0.39, 0.29) is 0 Å². The van der Waals surface area contributed by atoms with E-state index in [0.717, 1.165) is 28.8 Å². The fraction of sp³-hybridized carbons (Fsp3) is 0.258. The minimum atomic E-state index is -0.509. The zero-order valence-corrected chi connectivity index (χ0v) is 48.0. The molecule has 0 N–H and O–H groups in total. The second kappa shape index (κ2) is 24.3. The summed E-state index contributed by atoms with van der Waals surface area (Å²) >= 11 is 17.5. The van der Waals surface area contributed by atoms with E-state index < -0.39 is 5.41 Å².